The summed E-state index contributed by atoms with van der Waals surface area (Å²) in [6, 6.07) is 13.5. The minimum atomic E-state index is -3.71. The van der Waals surface area contributed by atoms with Crippen LogP contribution in [0.5, 0.6) is 0 Å². The van der Waals surface area contributed by atoms with E-state index in [-0.39, 0.29) is 10.9 Å². The van der Waals surface area contributed by atoms with Crippen molar-refractivity contribution in [1.82, 2.24) is 0 Å². The van der Waals surface area contributed by atoms with Crippen molar-refractivity contribution in [2.24, 2.45) is 11.1 Å². The third-order valence-electron chi connectivity index (χ3n) is 4.89. The second kappa shape index (κ2) is 5.72. The molecule has 0 aromatic heterocycles. The van der Waals surface area contributed by atoms with Crippen LogP contribution in [0.4, 0.5) is 5.69 Å². The zero-order valence-corrected chi connectivity index (χ0v) is 15.2. The highest BCUT2D eigenvalue weighted by atomic mass is 79.9. The van der Waals surface area contributed by atoms with E-state index in [9.17, 15) is 8.42 Å². The topological polar surface area (TPSA) is 72.2 Å². The smallest absolute Gasteiger partial charge is 0.238 e. The van der Waals surface area contributed by atoms with E-state index in [1.807, 2.05) is 18.2 Å². The van der Waals surface area contributed by atoms with Gasteiger partial charge in [0.25, 0.3) is 0 Å². The Morgan fingerprint density at radius 1 is 1.12 bits per heavy atom. The first-order valence-electron chi connectivity index (χ1n) is 7.79. The van der Waals surface area contributed by atoms with Crippen LogP contribution in [0.1, 0.15) is 29.5 Å². The number of fused-ring (bicyclic) bond motifs is 3. The zero-order chi connectivity index (χ0) is 16.9. The average Bonchev–Trinajstić information content (AvgIpc) is 3.03. The van der Waals surface area contributed by atoms with Crippen molar-refractivity contribution in [3.05, 3.63) is 70.2 Å². The molecule has 2 aromatic rings. The summed E-state index contributed by atoms with van der Waals surface area (Å²) >= 11 is 3.47. The summed E-state index contributed by atoms with van der Waals surface area (Å²) in [5.74, 6) is 0.725. The number of nitrogens with two attached hydrogens (primary N) is 1. The lowest BCUT2D eigenvalue weighted by molar-refractivity contribution is 0.425. The molecule has 124 valence electrons. The minimum absolute atomic E-state index is 0.140. The monoisotopic (exact) mass is 404 g/mol. The first kappa shape index (κ1) is 15.9. The number of benzene rings is 2. The second-order valence-corrected chi connectivity index (χ2v) is 8.80. The van der Waals surface area contributed by atoms with Crippen LogP contribution in [0.25, 0.3) is 0 Å². The van der Waals surface area contributed by atoms with Gasteiger partial charge in [-0.05, 0) is 47.7 Å². The Balaban J connectivity index is 1.80. The lowest BCUT2D eigenvalue weighted by Gasteiger charge is -2.37. The number of primary sulfonamides is 1. The van der Waals surface area contributed by atoms with Gasteiger partial charge in [0, 0.05) is 16.1 Å². The Morgan fingerprint density at radius 3 is 2.58 bits per heavy atom. The van der Waals surface area contributed by atoms with E-state index >= 15 is 0 Å². The van der Waals surface area contributed by atoms with Gasteiger partial charge in [0.2, 0.25) is 10.0 Å². The quantitative estimate of drug-likeness (QED) is 0.744. The van der Waals surface area contributed by atoms with Crippen molar-refractivity contribution in [3.8, 4) is 0 Å². The standard InChI is InChI=1S/C18H17BrN2O2S/c19-12-6-4-11(5-7-12)18-16-3-1-2-14(16)15-9-8-13(24(20,22)23)10-17(15)21-18/h1-2,4-10,14,16,18,21H,3H2,(H2,20,22,23). The molecular formula is C18H17BrN2O2S. The van der Waals surface area contributed by atoms with Gasteiger partial charge in [0.05, 0.1) is 10.9 Å². The predicted octanol–water partition coefficient (Wildman–Crippen LogP) is 3.92. The van der Waals surface area contributed by atoms with Crippen molar-refractivity contribution in [2.75, 3.05) is 5.32 Å². The maximum absolute atomic E-state index is 11.7. The summed E-state index contributed by atoms with van der Waals surface area (Å²) in [7, 11) is -3.71. The molecule has 2 aliphatic rings. The SMILES string of the molecule is NS(=O)(=O)c1ccc2c(c1)NC(c1ccc(Br)cc1)C1CC=CC21. The summed E-state index contributed by atoms with van der Waals surface area (Å²) in [5, 5.41) is 8.83. The highest BCUT2D eigenvalue weighted by molar-refractivity contribution is 9.10. The third-order valence-corrected chi connectivity index (χ3v) is 6.33. The normalized spacial score (nSPS) is 25.0. The number of anilines is 1. The maximum atomic E-state index is 11.7. The lowest BCUT2D eigenvalue weighted by Crippen LogP contribution is -2.29. The summed E-state index contributed by atoms with van der Waals surface area (Å²) in [6.45, 7) is 0. The number of hydrogen-bond acceptors (Lipinski definition) is 3. The van der Waals surface area contributed by atoms with Gasteiger partial charge in [-0.2, -0.15) is 0 Å². The van der Waals surface area contributed by atoms with Gasteiger partial charge < -0.3 is 5.32 Å². The fraction of sp³-hybridized carbons (Fsp3) is 0.222. The Hall–Kier alpha value is -1.63. The molecule has 4 nitrogen and oxygen atoms in total. The summed E-state index contributed by atoms with van der Waals surface area (Å²) in [4.78, 5) is 0.142. The van der Waals surface area contributed by atoms with Gasteiger partial charge in [-0.15, -0.1) is 0 Å². The van der Waals surface area contributed by atoms with E-state index in [1.165, 1.54) is 5.56 Å². The molecule has 0 fully saturated rings. The molecule has 0 bridgehead atoms. The molecule has 1 aliphatic carbocycles. The molecule has 0 saturated heterocycles. The summed E-state index contributed by atoms with van der Waals surface area (Å²) < 4.78 is 24.4. The number of rotatable bonds is 2. The Labute approximate surface area is 149 Å². The molecular weight excluding hydrogens is 388 g/mol. The zero-order valence-electron chi connectivity index (χ0n) is 12.8. The van der Waals surface area contributed by atoms with E-state index in [2.05, 4.69) is 45.5 Å². The van der Waals surface area contributed by atoms with Gasteiger partial charge in [0.1, 0.15) is 0 Å². The highest BCUT2D eigenvalue weighted by Gasteiger charge is 2.38. The molecule has 0 radical (unpaired) electrons. The Kier molecular flexibility index (Phi) is 3.78. The van der Waals surface area contributed by atoms with Crippen molar-refractivity contribution in [2.45, 2.75) is 23.3 Å². The number of sulfonamides is 1. The average molecular weight is 405 g/mol. The van der Waals surface area contributed by atoms with Crippen LogP contribution >= 0.6 is 15.9 Å². The largest absolute Gasteiger partial charge is 0.378 e. The van der Waals surface area contributed by atoms with Gasteiger partial charge in [-0.1, -0.05) is 46.3 Å². The molecule has 1 aliphatic heterocycles. The van der Waals surface area contributed by atoms with Crippen molar-refractivity contribution in [1.29, 1.82) is 0 Å². The molecule has 3 N–H and O–H groups in total. The van der Waals surface area contributed by atoms with Crippen molar-refractivity contribution in [3.63, 3.8) is 0 Å². The maximum Gasteiger partial charge on any atom is 0.238 e. The molecule has 4 rings (SSSR count). The highest BCUT2D eigenvalue weighted by Crippen LogP contribution is 2.50. The fourth-order valence-electron chi connectivity index (χ4n) is 3.75. The Bertz CT molecular complexity index is 923. The van der Waals surface area contributed by atoms with Crippen LogP contribution in [-0.2, 0) is 10.0 Å². The van der Waals surface area contributed by atoms with Crippen LogP contribution < -0.4 is 10.5 Å². The van der Waals surface area contributed by atoms with Crippen LogP contribution in [0.15, 0.2) is 64.0 Å². The molecule has 3 unspecified atom stereocenters. The van der Waals surface area contributed by atoms with Crippen molar-refractivity contribution < 1.29 is 8.42 Å². The third kappa shape index (κ3) is 2.68. The summed E-state index contributed by atoms with van der Waals surface area (Å²) in [6.07, 6.45) is 5.45. The van der Waals surface area contributed by atoms with E-state index in [1.54, 1.807) is 12.1 Å². The molecule has 0 spiro atoms. The minimum Gasteiger partial charge on any atom is -0.378 e. The lowest BCUT2D eigenvalue weighted by atomic mass is 9.77. The van der Waals surface area contributed by atoms with Gasteiger partial charge in [-0.25, -0.2) is 13.6 Å². The number of hydrogen-bond donors (Lipinski definition) is 2. The van der Waals surface area contributed by atoms with E-state index in [0.717, 1.165) is 22.1 Å². The van der Waals surface area contributed by atoms with Gasteiger partial charge in [-0.3, -0.25) is 0 Å². The Morgan fingerprint density at radius 2 is 1.88 bits per heavy atom. The van der Waals surface area contributed by atoms with E-state index in [0.29, 0.717) is 11.8 Å². The van der Waals surface area contributed by atoms with Crippen LogP contribution in [-0.4, -0.2) is 8.42 Å². The number of allylic oxidation sites excluding steroid dienone is 2. The molecule has 6 heteroatoms. The van der Waals surface area contributed by atoms with Gasteiger partial charge >= 0.3 is 0 Å². The fourth-order valence-corrected chi connectivity index (χ4v) is 4.56. The number of nitrogens with one attached hydrogen (secondary N) is 1. The first-order valence-corrected chi connectivity index (χ1v) is 10.1. The van der Waals surface area contributed by atoms with Crippen LogP contribution in [0, 0.1) is 5.92 Å². The number of halogens is 1. The van der Waals surface area contributed by atoms with Crippen LogP contribution in [0.3, 0.4) is 0 Å². The molecule has 1 heterocycles. The van der Waals surface area contributed by atoms with Crippen molar-refractivity contribution >= 4 is 31.6 Å². The van der Waals surface area contributed by atoms with Gasteiger partial charge in [0.15, 0.2) is 0 Å². The second-order valence-electron chi connectivity index (χ2n) is 6.32. The molecule has 3 atom stereocenters. The van der Waals surface area contributed by atoms with Crippen LogP contribution in [0.2, 0.25) is 0 Å². The summed E-state index contributed by atoms with van der Waals surface area (Å²) in [5.41, 5.74) is 3.18. The molecule has 2 aromatic carbocycles. The molecule has 24 heavy (non-hydrogen) atoms. The first-order chi connectivity index (χ1) is 11.4. The molecule has 0 amide bonds. The van der Waals surface area contributed by atoms with E-state index < -0.39 is 10.0 Å². The van der Waals surface area contributed by atoms with E-state index in [4.69, 9.17) is 5.14 Å². The predicted molar refractivity (Wildman–Crippen MR) is 98.3 cm³/mol. The molecule has 0 saturated carbocycles.